The number of hydrogen-bond donors (Lipinski definition) is 1. The molecule has 1 atom stereocenters. The normalized spacial score (nSPS) is 17.1. The first kappa shape index (κ1) is 16.2. The predicted octanol–water partition coefficient (Wildman–Crippen LogP) is 1.83. The Kier molecular flexibility index (Phi) is 4.33. The number of rotatable bonds is 3. The second-order valence-electron chi connectivity index (χ2n) is 6.10. The molecule has 0 saturated carbocycles. The third kappa shape index (κ3) is 3.15. The van der Waals surface area contributed by atoms with Gasteiger partial charge in [0.25, 0.3) is 0 Å². The van der Waals surface area contributed by atoms with Gasteiger partial charge in [0.05, 0.1) is 17.6 Å². The predicted molar refractivity (Wildman–Crippen MR) is 89.9 cm³/mol. The third-order valence-electron chi connectivity index (χ3n) is 4.20. The maximum Gasteiger partial charge on any atom is 0.247 e. The largest absolute Gasteiger partial charge is 0.331 e. The Morgan fingerprint density at radius 1 is 1.29 bits per heavy atom. The maximum atomic E-state index is 12.4. The molecule has 1 fully saturated rings. The molecule has 7 nitrogen and oxygen atoms in total. The lowest BCUT2D eigenvalue weighted by atomic mass is 10.2. The Morgan fingerprint density at radius 3 is 2.67 bits per heavy atom. The highest BCUT2D eigenvalue weighted by Crippen LogP contribution is 2.19. The molecule has 3 heterocycles. The highest BCUT2D eigenvalue weighted by atomic mass is 16.2. The first-order valence-electron chi connectivity index (χ1n) is 8.03. The Balaban J connectivity index is 1.71. The van der Waals surface area contributed by atoms with Crippen molar-refractivity contribution in [3.8, 4) is 5.82 Å². The molecule has 1 N–H and O–H groups in total. The number of amides is 2. The molecule has 2 aromatic rings. The number of aryl methyl sites for hydroxylation is 2. The molecule has 2 amide bonds. The topological polar surface area (TPSA) is 80.1 Å². The summed E-state index contributed by atoms with van der Waals surface area (Å²) >= 11 is 0. The summed E-state index contributed by atoms with van der Waals surface area (Å²) in [4.78, 5) is 29.9. The summed E-state index contributed by atoms with van der Waals surface area (Å²) in [7, 11) is 0. The van der Waals surface area contributed by atoms with Crippen molar-refractivity contribution in [1.29, 1.82) is 0 Å². The molecule has 3 rings (SSSR count). The fraction of sp³-hybridized carbons (Fsp3) is 0.412. The molecular formula is C17H21N5O2. The van der Waals surface area contributed by atoms with Crippen LogP contribution in [0.2, 0.25) is 0 Å². The van der Waals surface area contributed by atoms with Gasteiger partial charge in [-0.3, -0.25) is 9.59 Å². The molecule has 0 aromatic carbocycles. The fourth-order valence-corrected chi connectivity index (χ4v) is 3.09. The first-order valence-corrected chi connectivity index (χ1v) is 8.03. The lowest BCUT2D eigenvalue weighted by Crippen LogP contribution is -2.42. The van der Waals surface area contributed by atoms with Crippen LogP contribution in [-0.2, 0) is 9.59 Å². The van der Waals surface area contributed by atoms with E-state index in [1.807, 2.05) is 26.0 Å². The van der Waals surface area contributed by atoms with Crippen LogP contribution in [0.25, 0.3) is 5.82 Å². The number of pyridine rings is 1. The summed E-state index contributed by atoms with van der Waals surface area (Å²) in [5.41, 5.74) is 2.54. The van der Waals surface area contributed by atoms with Crippen molar-refractivity contribution >= 4 is 17.5 Å². The SMILES string of the molecule is CC(=O)N1CCC[C@H]1C(=O)Nc1ccc(-n2nc(C)cc2C)nc1. The quantitative estimate of drug-likeness (QED) is 0.933. The van der Waals surface area contributed by atoms with E-state index in [1.165, 1.54) is 6.92 Å². The Hall–Kier alpha value is -2.70. The molecule has 1 saturated heterocycles. The molecule has 0 spiro atoms. The number of carbonyl (C=O) groups is 2. The van der Waals surface area contributed by atoms with Crippen LogP contribution in [-0.4, -0.2) is 44.1 Å². The van der Waals surface area contributed by atoms with Gasteiger partial charge in [0.2, 0.25) is 11.8 Å². The van der Waals surface area contributed by atoms with Crippen molar-refractivity contribution in [3.05, 3.63) is 35.8 Å². The van der Waals surface area contributed by atoms with Crippen molar-refractivity contribution in [2.45, 2.75) is 39.7 Å². The molecule has 126 valence electrons. The number of nitrogens with one attached hydrogen (secondary N) is 1. The summed E-state index contributed by atoms with van der Waals surface area (Å²) in [5.74, 6) is 0.471. The molecule has 0 bridgehead atoms. The average molecular weight is 327 g/mol. The second-order valence-corrected chi connectivity index (χ2v) is 6.10. The van der Waals surface area contributed by atoms with Gasteiger partial charge in [0.1, 0.15) is 6.04 Å². The van der Waals surface area contributed by atoms with Gasteiger partial charge in [-0.25, -0.2) is 9.67 Å². The maximum absolute atomic E-state index is 12.4. The van der Waals surface area contributed by atoms with Crippen molar-refractivity contribution in [1.82, 2.24) is 19.7 Å². The summed E-state index contributed by atoms with van der Waals surface area (Å²) in [6, 6.07) is 5.20. The number of carbonyl (C=O) groups excluding carboxylic acids is 2. The van der Waals surface area contributed by atoms with E-state index in [2.05, 4.69) is 15.4 Å². The van der Waals surface area contributed by atoms with E-state index in [-0.39, 0.29) is 11.8 Å². The van der Waals surface area contributed by atoms with E-state index in [0.717, 1.165) is 17.8 Å². The van der Waals surface area contributed by atoms with Crippen LogP contribution in [0.3, 0.4) is 0 Å². The lowest BCUT2D eigenvalue weighted by molar-refractivity contribution is -0.134. The van der Waals surface area contributed by atoms with Crippen molar-refractivity contribution < 1.29 is 9.59 Å². The Morgan fingerprint density at radius 2 is 2.08 bits per heavy atom. The van der Waals surface area contributed by atoms with Crippen molar-refractivity contribution in [2.24, 2.45) is 0 Å². The number of aromatic nitrogens is 3. The highest BCUT2D eigenvalue weighted by Gasteiger charge is 2.32. The fourth-order valence-electron chi connectivity index (χ4n) is 3.09. The van der Waals surface area contributed by atoms with E-state index < -0.39 is 6.04 Å². The molecule has 0 unspecified atom stereocenters. The minimum Gasteiger partial charge on any atom is -0.331 e. The monoisotopic (exact) mass is 327 g/mol. The van der Waals surface area contributed by atoms with Gasteiger partial charge in [-0.1, -0.05) is 0 Å². The molecule has 0 radical (unpaired) electrons. The molecule has 7 heteroatoms. The summed E-state index contributed by atoms with van der Waals surface area (Å²) in [6.07, 6.45) is 3.16. The van der Waals surface area contributed by atoms with Crippen molar-refractivity contribution in [2.75, 3.05) is 11.9 Å². The number of hydrogen-bond acceptors (Lipinski definition) is 4. The van der Waals surface area contributed by atoms with Crippen LogP contribution < -0.4 is 5.32 Å². The zero-order chi connectivity index (χ0) is 17.3. The summed E-state index contributed by atoms with van der Waals surface area (Å²) < 4.78 is 1.76. The van der Waals surface area contributed by atoms with Crippen LogP contribution >= 0.6 is 0 Å². The summed E-state index contributed by atoms with van der Waals surface area (Å²) in [6.45, 7) is 6.03. The van der Waals surface area contributed by atoms with Crippen LogP contribution in [0.4, 0.5) is 5.69 Å². The van der Waals surface area contributed by atoms with Gasteiger partial charge < -0.3 is 10.2 Å². The van der Waals surface area contributed by atoms with Gasteiger partial charge >= 0.3 is 0 Å². The van der Waals surface area contributed by atoms with Crippen LogP contribution in [0.5, 0.6) is 0 Å². The number of anilines is 1. The minimum atomic E-state index is -0.391. The van der Waals surface area contributed by atoms with E-state index in [9.17, 15) is 9.59 Å². The first-order chi connectivity index (χ1) is 11.5. The van der Waals surface area contributed by atoms with Crippen LogP contribution in [0.1, 0.15) is 31.2 Å². The van der Waals surface area contributed by atoms with Gasteiger partial charge in [-0.15, -0.1) is 0 Å². The van der Waals surface area contributed by atoms with Crippen molar-refractivity contribution in [3.63, 3.8) is 0 Å². The number of nitrogens with zero attached hydrogens (tertiary/aromatic N) is 4. The summed E-state index contributed by atoms with van der Waals surface area (Å²) in [5, 5.41) is 7.23. The standard InChI is InChI=1S/C17H21N5O2/c1-11-9-12(2)22(20-11)16-7-6-14(10-18-16)19-17(24)15-5-4-8-21(15)13(3)23/h6-7,9-10,15H,4-5,8H2,1-3H3,(H,19,24)/t15-/m0/s1. The molecular weight excluding hydrogens is 306 g/mol. The van der Waals surface area contributed by atoms with E-state index in [4.69, 9.17) is 0 Å². The van der Waals surface area contributed by atoms with Gasteiger partial charge in [0, 0.05) is 19.2 Å². The minimum absolute atomic E-state index is 0.0642. The van der Waals surface area contributed by atoms with E-state index in [0.29, 0.717) is 24.5 Å². The van der Waals surface area contributed by atoms with Gasteiger partial charge in [-0.05, 0) is 44.9 Å². The third-order valence-corrected chi connectivity index (χ3v) is 4.20. The second kappa shape index (κ2) is 6.43. The molecule has 1 aliphatic rings. The van der Waals surface area contributed by atoms with E-state index in [1.54, 1.807) is 21.8 Å². The molecule has 24 heavy (non-hydrogen) atoms. The van der Waals surface area contributed by atoms with E-state index >= 15 is 0 Å². The molecule has 0 aliphatic carbocycles. The van der Waals surface area contributed by atoms with Crippen LogP contribution in [0.15, 0.2) is 24.4 Å². The smallest absolute Gasteiger partial charge is 0.247 e. The molecule has 2 aromatic heterocycles. The van der Waals surface area contributed by atoms with Gasteiger partial charge in [0.15, 0.2) is 5.82 Å². The average Bonchev–Trinajstić information content (AvgIpc) is 3.14. The molecule has 1 aliphatic heterocycles. The number of likely N-dealkylation sites (tertiary alicyclic amines) is 1. The zero-order valence-corrected chi connectivity index (χ0v) is 14.1. The van der Waals surface area contributed by atoms with Gasteiger partial charge in [-0.2, -0.15) is 5.10 Å². The highest BCUT2D eigenvalue weighted by molar-refractivity contribution is 5.97. The van der Waals surface area contributed by atoms with Crippen LogP contribution in [0, 0.1) is 13.8 Å². The Bertz CT molecular complexity index is 766. The lowest BCUT2D eigenvalue weighted by Gasteiger charge is -2.22. The Labute approximate surface area is 140 Å². The zero-order valence-electron chi connectivity index (χ0n) is 14.1.